The normalized spacial score (nSPS) is 33.2. The van der Waals surface area contributed by atoms with E-state index in [0.29, 0.717) is 23.4 Å². The first-order chi connectivity index (χ1) is 16.8. The van der Waals surface area contributed by atoms with E-state index in [-0.39, 0.29) is 0 Å². The Morgan fingerprint density at radius 3 is 1.76 bits per heavy atom. The maximum absolute atomic E-state index is 2.96. The Labute approximate surface area is 207 Å². The lowest BCUT2D eigenvalue weighted by Gasteiger charge is -2.53. The molecule has 5 fully saturated rings. The summed E-state index contributed by atoms with van der Waals surface area (Å²) in [4.78, 5) is 8.63. The van der Waals surface area contributed by atoms with Crippen molar-refractivity contribution in [3.05, 3.63) is 71.8 Å². The molecule has 3 heteroatoms. The van der Waals surface area contributed by atoms with Gasteiger partial charge in [0.2, 0.25) is 0 Å². The van der Waals surface area contributed by atoms with Crippen molar-refractivity contribution < 1.29 is 0 Å². The molecular weight excluding hydrogens is 414 g/mol. The fourth-order valence-corrected chi connectivity index (χ4v) is 7.99. The minimum atomic E-state index is 0.348. The van der Waals surface area contributed by atoms with Gasteiger partial charge in [-0.1, -0.05) is 67.1 Å². The molecule has 0 radical (unpaired) electrons. The lowest BCUT2D eigenvalue weighted by atomic mass is 9.63. The molecule has 2 aromatic carbocycles. The Morgan fingerprint density at radius 2 is 1.18 bits per heavy atom. The second kappa shape index (κ2) is 10.1. The predicted molar refractivity (Wildman–Crippen MR) is 141 cm³/mol. The van der Waals surface area contributed by atoms with E-state index in [1.165, 1.54) is 97.2 Å². The van der Waals surface area contributed by atoms with Gasteiger partial charge in [0.1, 0.15) is 0 Å². The van der Waals surface area contributed by atoms with Crippen molar-refractivity contribution in [2.24, 2.45) is 0 Å². The maximum atomic E-state index is 2.96. The van der Waals surface area contributed by atoms with Gasteiger partial charge in [-0.15, -0.1) is 0 Å². The van der Waals surface area contributed by atoms with E-state index in [0.717, 1.165) is 0 Å². The molecule has 1 aliphatic carbocycles. The fraction of sp³-hybridized carbons (Fsp3) is 0.613. The quantitative estimate of drug-likeness (QED) is 0.547. The number of hydrogen-bond acceptors (Lipinski definition) is 3. The Kier molecular flexibility index (Phi) is 6.78. The largest absolute Gasteiger partial charge is 0.302 e. The van der Waals surface area contributed by atoms with Crippen molar-refractivity contribution in [3.63, 3.8) is 0 Å². The second-order valence-electron chi connectivity index (χ2n) is 11.5. The highest BCUT2D eigenvalue weighted by Gasteiger charge is 2.53. The van der Waals surface area contributed by atoms with Gasteiger partial charge in [-0.3, -0.25) is 9.80 Å². The summed E-state index contributed by atoms with van der Waals surface area (Å²) in [5.41, 5.74) is 3.49. The van der Waals surface area contributed by atoms with Crippen LogP contribution in [0.4, 0.5) is 0 Å². The third-order valence-electron chi connectivity index (χ3n) is 9.69. The molecule has 0 amide bonds. The van der Waals surface area contributed by atoms with Gasteiger partial charge in [-0.05, 0) is 82.3 Å². The summed E-state index contributed by atoms with van der Waals surface area (Å²) < 4.78 is 0. The van der Waals surface area contributed by atoms with E-state index in [4.69, 9.17) is 0 Å². The highest BCUT2D eigenvalue weighted by Crippen LogP contribution is 2.54. The summed E-state index contributed by atoms with van der Waals surface area (Å²) >= 11 is 0. The van der Waals surface area contributed by atoms with Crippen molar-refractivity contribution in [3.8, 4) is 0 Å². The SMILES string of the molecule is c1ccc([C@@H]2CC3(N4CCCCC4)CCN(CCN4CCCC4)C2[C@H](c2ccccc2)C3)cc1. The van der Waals surface area contributed by atoms with Gasteiger partial charge in [0.15, 0.2) is 0 Å². The van der Waals surface area contributed by atoms with Crippen LogP contribution >= 0.6 is 0 Å². The molecule has 4 heterocycles. The molecule has 1 saturated carbocycles. The standard InChI is InChI=1S/C31H43N3/c1-4-12-26(13-5-1)28-24-31(34-19-8-3-9-20-34)16-21-33(23-22-32-17-10-11-18-32)30(28)29(25-31)27-14-6-2-7-15-27/h1-2,4-7,12-15,28-30H,3,8-11,16-25H2/t28-,29-,30?,31?/m0/s1. The van der Waals surface area contributed by atoms with Crippen LogP contribution in [-0.4, -0.2) is 72.1 Å². The summed E-state index contributed by atoms with van der Waals surface area (Å²) in [6.07, 6.45) is 11.0. The number of fused-ring (bicyclic) bond motifs is 4. The molecule has 0 spiro atoms. The molecule has 0 N–H and O–H groups in total. The molecule has 3 nitrogen and oxygen atoms in total. The topological polar surface area (TPSA) is 9.72 Å². The number of piperidine rings is 1. The number of hydrogen-bond donors (Lipinski definition) is 0. The van der Waals surface area contributed by atoms with Gasteiger partial charge < -0.3 is 4.90 Å². The minimum Gasteiger partial charge on any atom is -0.302 e. The average molecular weight is 458 g/mol. The zero-order valence-corrected chi connectivity index (χ0v) is 21.0. The summed E-state index contributed by atoms with van der Waals surface area (Å²) in [6.45, 7) is 8.97. The first-order valence-electron chi connectivity index (χ1n) is 14.1. The highest BCUT2D eigenvalue weighted by atomic mass is 15.3. The van der Waals surface area contributed by atoms with E-state index in [2.05, 4.69) is 75.4 Å². The van der Waals surface area contributed by atoms with Crippen LogP contribution in [0.2, 0.25) is 0 Å². The summed E-state index contributed by atoms with van der Waals surface area (Å²) in [5.74, 6) is 1.23. The van der Waals surface area contributed by atoms with Crippen LogP contribution in [0.5, 0.6) is 0 Å². The molecule has 2 aromatic rings. The monoisotopic (exact) mass is 457 g/mol. The van der Waals surface area contributed by atoms with Crippen molar-refractivity contribution >= 4 is 0 Å². The highest BCUT2D eigenvalue weighted by molar-refractivity contribution is 5.32. The zero-order chi connectivity index (χ0) is 22.8. The van der Waals surface area contributed by atoms with E-state index in [1.54, 1.807) is 11.1 Å². The average Bonchev–Trinajstić information content (AvgIpc) is 3.32. The van der Waals surface area contributed by atoms with Crippen LogP contribution in [0, 0.1) is 0 Å². The van der Waals surface area contributed by atoms with Gasteiger partial charge in [0.05, 0.1) is 0 Å². The third kappa shape index (κ3) is 4.47. The van der Waals surface area contributed by atoms with Crippen LogP contribution in [0.25, 0.3) is 0 Å². The van der Waals surface area contributed by atoms with Crippen molar-refractivity contribution in [1.82, 2.24) is 14.7 Å². The number of likely N-dealkylation sites (tertiary alicyclic amines) is 2. The van der Waals surface area contributed by atoms with E-state index >= 15 is 0 Å². The van der Waals surface area contributed by atoms with Gasteiger partial charge in [-0.2, -0.15) is 0 Å². The van der Waals surface area contributed by atoms with Gasteiger partial charge in [0.25, 0.3) is 0 Å². The molecule has 0 aromatic heterocycles. The molecule has 4 aliphatic heterocycles. The van der Waals surface area contributed by atoms with Crippen LogP contribution in [0.3, 0.4) is 0 Å². The summed E-state index contributed by atoms with van der Waals surface area (Å²) in [7, 11) is 0. The maximum Gasteiger partial charge on any atom is 0.0235 e. The Bertz CT molecular complexity index is 851. The Balaban J connectivity index is 1.40. The smallest absolute Gasteiger partial charge is 0.0235 e. The first-order valence-corrected chi connectivity index (χ1v) is 14.1. The number of rotatable bonds is 6. The molecule has 4 saturated heterocycles. The van der Waals surface area contributed by atoms with Crippen LogP contribution in [0.15, 0.2) is 60.7 Å². The van der Waals surface area contributed by atoms with E-state index in [9.17, 15) is 0 Å². The van der Waals surface area contributed by atoms with Crippen LogP contribution in [0.1, 0.15) is 74.3 Å². The Hall–Kier alpha value is -1.68. The summed E-state index contributed by atoms with van der Waals surface area (Å²) in [6, 6.07) is 23.8. The molecule has 5 aliphatic rings. The molecule has 182 valence electrons. The van der Waals surface area contributed by atoms with Gasteiger partial charge in [0, 0.05) is 43.1 Å². The van der Waals surface area contributed by atoms with Crippen LogP contribution in [-0.2, 0) is 0 Å². The first kappa shape index (κ1) is 22.8. The summed E-state index contributed by atoms with van der Waals surface area (Å²) in [5, 5.41) is 0. The number of benzene rings is 2. The molecule has 7 rings (SSSR count). The molecule has 2 atom stereocenters. The number of nitrogens with zero attached hydrogens (tertiary/aromatic N) is 3. The second-order valence-corrected chi connectivity index (χ2v) is 11.5. The van der Waals surface area contributed by atoms with Crippen molar-refractivity contribution in [2.75, 3.05) is 45.8 Å². The lowest BCUT2D eigenvalue weighted by molar-refractivity contribution is 0.0158. The van der Waals surface area contributed by atoms with E-state index < -0.39 is 0 Å². The van der Waals surface area contributed by atoms with Crippen LogP contribution < -0.4 is 0 Å². The zero-order valence-electron chi connectivity index (χ0n) is 21.0. The fourth-order valence-electron chi connectivity index (χ4n) is 7.99. The lowest BCUT2D eigenvalue weighted by Crippen LogP contribution is -2.56. The molecule has 0 unspecified atom stereocenters. The van der Waals surface area contributed by atoms with Crippen molar-refractivity contribution in [2.45, 2.75) is 74.8 Å². The third-order valence-corrected chi connectivity index (χ3v) is 9.69. The van der Waals surface area contributed by atoms with Gasteiger partial charge >= 0.3 is 0 Å². The van der Waals surface area contributed by atoms with Gasteiger partial charge in [-0.25, -0.2) is 0 Å². The molecule has 2 bridgehead atoms. The predicted octanol–water partition coefficient (Wildman–Crippen LogP) is 5.74. The van der Waals surface area contributed by atoms with E-state index in [1.807, 2.05) is 0 Å². The van der Waals surface area contributed by atoms with Crippen molar-refractivity contribution in [1.29, 1.82) is 0 Å². The Morgan fingerprint density at radius 1 is 0.618 bits per heavy atom. The molecular formula is C31H43N3. The molecule has 34 heavy (non-hydrogen) atoms. The minimum absolute atomic E-state index is 0.348.